The molecule has 27 heavy (non-hydrogen) atoms. The van der Waals surface area contributed by atoms with Crippen molar-refractivity contribution in [1.29, 1.82) is 0 Å². The molecule has 2 aliphatic carbocycles. The highest BCUT2D eigenvalue weighted by Gasteiger charge is 2.52. The van der Waals surface area contributed by atoms with Gasteiger partial charge >= 0.3 is 0 Å². The van der Waals surface area contributed by atoms with E-state index in [4.69, 9.17) is 9.47 Å². The fourth-order valence-corrected chi connectivity index (χ4v) is 7.19. The molecule has 2 nitrogen and oxygen atoms in total. The second kappa shape index (κ2) is 7.63. The van der Waals surface area contributed by atoms with Crippen molar-refractivity contribution in [2.45, 2.75) is 131 Å². The van der Waals surface area contributed by atoms with E-state index < -0.39 is 0 Å². The summed E-state index contributed by atoms with van der Waals surface area (Å²) in [5.74, 6) is 2.42. The quantitative estimate of drug-likeness (QED) is 0.488. The van der Waals surface area contributed by atoms with Crippen LogP contribution < -0.4 is 0 Å². The van der Waals surface area contributed by atoms with E-state index >= 15 is 0 Å². The standard InChI is InChI=1S/C13H24O.C12H22O/c1-9(2)13-6-5-10(3)7-12(13)14-11(4)8-13;1-9-6-5-7-12(4)8-11(2,3)13-10(9)12/h9-12H,5-8H2,1-4H3;9-10H,5-8H2,1-4H3. The molecule has 0 N–H and O–H groups in total. The topological polar surface area (TPSA) is 18.5 Å². The van der Waals surface area contributed by atoms with Gasteiger partial charge in [0, 0.05) is 5.41 Å². The van der Waals surface area contributed by atoms with Gasteiger partial charge in [-0.05, 0) is 88.9 Å². The van der Waals surface area contributed by atoms with Crippen LogP contribution in [0.3, 0.4) is 0 Å². The van der Waals surface area contributed by atoms with E-state index in [0.29, 0.717) is 29.1 Å². The lowest BCUT2D eigenvalue weighted by molar-refractivity contribution is -0.0700. The van der Waals surface area contributed by atoms with E-state index in [-0.39, 0.29) is 5.60 Å². The summed E-state index contributed by atoms with van der Waals surface area (Å²) in [5, 5.41) is 0. The average molecular weight is 379 g/mol. The molecule has 4 rings (SSSR count). The van der Waals surface area contributed by atoms with Gasteiger partial charge in [-0.2, -0.15) is 0 Å². The third kappa shape index (κ3) is 4.27. The highest BCUT2D eigenvalue weighted by molar-refractivity contribution is 5.01. The first-order chi connectivity index (χ1) is 12.5. The van der Waals surface area contributed by atoms with Gasteiger partial charge in [0.25, 0.3) is 0 Å². The predicted molar refractivity (Wildman–Crippen MR) is 114 cm³/mol. The van der Waals surface area contributed by atoms with Crippen LogP contribution in [0.15, 0.2) is 0 Å². The Balaban J connectivity index is 0.000000156. The smallest absolute Gasteiger partial charge is 0.0662 e. The van der Waals surface area contributed by atoms with Gasteiger partial charge in [0.2, 0.25) is 0 Å². The number of ether oxygens (including phenoxy) is 2. The summed E-state index contributed by atoms with van der Waals surface area (Å²) in [7, 11) is 0. The largest absolute Gasteiger partial charge is 0.375 e. The molecule has 2 saturated carbocycles. The molecule has 0 amide bonds. The minimum absolute atomic E-state index is 0.123. The number of fused-ring (bicyclic) bond motifs is 2. The minimum atomic E-state index is 0.123. The Morgan fingerprint density at radius 3 is 2.30 bits per heavy atom. The van der Waals surface area contributed by atoms with Crippen molar-refractivity contribution in [3.05, 3.63) is 0 Å². The summed E-state index contributed by atoms with van der Waals surface area (Å²) in [6.07, 6.45) is 12.3. The van der Waals surface area contributed by atoms with E-state index in [0.717, 1.165) is 17.8 Å². The molecule has 0 aromatic heterocycles. The van der Waals surface area contributed by atoms with E-state index in [9.17, 15) is 0 Å². The molecule has 7 atom stereocenters. The van der Waals surface area contributed by atoms with Crippen molar-refractivity contribution in [2.75, 3.05) is 0 Å². The molecule has 4 fully saturated rings. The van der Waals surface area contributed by atoms with Crippen molar-refractivity contribution < 1.29 is 9.47 Å². The highest BCUT2D eigenvalue weighted by atomic mass is 16.5. The number of hydrogen-bond acceptors (Lipinski definition) is 2. The lowest BCUT2D eigenvalue weighted by atomic mass is 9.62. The summed E-state index contributed by atoms with van der Waals surface area (Å²) >= 11 is 0. The first-order valence-electron chi connectivity index (χ1n) is 11.8. The average Bonchev–Trinajstić information content (AvgIpc) is 3.00. The Morgan fingerprint density at radius 1 is 0.963 bits per heavy atom. The van der Waals surface area contributed by atoms with Crippen LogP contribution in [0.2, 0.25) is 0 Å². The summed E-state index contributed by atoms with van der Waals surface area (Å²) in [6, 6.07) is 0. The summed E-state index contributed by atoms with van der Waals surface area (Å²) < 4.78 is 12.3. The zero-order valence-electron chi connectivity index (χ0n) is 19.4. The van der Waals surface area contributed by atoms with Crippen LogP contribution in [0.4, 0.5) is 0 Å². The third-order valence-corrected chi connectivity index (χ3v) is 8.46. The maximum atomic E-state index is 6.17. The van der Waals surface area contributed by atoms with Crippen molar-refractivity contribution in [2.24, 2.45) is 28.6 Å². The second-order valence-corrected chi connectivity index (χ2v) is 11.9. The molecule has 0 radical (unpaired) electrons. The Kier molecular flexibility index (Phi) is 6.11. The zero-order chi connectivity index (χ0) is 20.0. The van der Waals surface area contributed by atoms with Crippen molar-refractivity contribution in [1.82, 2.24) is 0 Å². The second-order valence-electron chi connectivity index (χ2n) is 11.9. The van der Waals surface area contributed by atoms with Crippen LogP contribution in [-0.4, -0.2) is 23.9 Å². The van der Waals surface area contributed by atoms with E-state index in [2.05, 4.69) is 55.4 Å². The molecular formula is C25H46O2. The molecule has 0 aromatic rings. The summed E-state index contributed by atoms with van der Waals surface area (Å²) in [5.41, 5.74) is 1.12. The van der Waals surface area contributed by atoms with Crippen molar-refractivity contribution >= 4 is 0 Å². The van der Waals surface area contributed by atoms with Crippen LogP contribution >= 0.6 is 0 Å². The predicted octanol–water partition coefficient (Wildman–Crippen LogP) is 7.01. The summed E-state index contributed by atoms with van der Waals surface area (Å²) in [4.78, 5) is 0. The first kappa shape index (κ1) is 21.6. The van der Waals surface area contributed by atoms with Crippen LogP contribution in [0, 0.1) is 28.6 Å². The Morgan fingerprint density at radius 2 is 1.67 bits per heavy atom. The SMILES string of the molecule is CC1CCC2(C(C)C)CC(C)OC2C1.CC1CCCC2(C)CC(C)(C)OC12. The van der Waals surface area contributed by atoms with Gasteiger partial charge in [0.1, 0.15) is 0 Å². The van der Waals surface area contributed by atoms with E-state index in [1.165, 1.54) is 51.4 Å². The number of rotatable bonds is 1. The van der Waals surface area contributed by atoms with E-state index in [1.54, 1.807) is 0 Å². The Labute approximate surface area is 169 Å². The van der Waals surface area contributed by atoms with Gasteiger partial charge in [-0.3, -0.25) is 0 Å². The van der Waals surface area contributed by atoms with Crippen molar-refractivity contribution in [3.63, 3.8) is 0 Å². The monoisotopic (exact) mass is 378 g/mol. The van der Waals surface area contributed by atoms with Crippen LogP contribution in [0.25, 0.3) is 0 Å². The normalized spacial score (nSPS) is 48.6. The molecule has 2 heteroatoms. The molecule has 158 valence electrons. The lowest BCUT2D eigenvalue weighted by Crippen LogP contribution is -2.40. The molecule has 2 heterocycles. The van der Waals surface area contributed by atoms with Crippen LogP contribution in [0.1, 0.15) is 107 Å². The highest BCUT2D eigenvalue weighted by Crippen LogP contribution is 2.54. The first-order valence-corrected chi connectivity index (χ1v) is 11.8. The van der Waals surface area contributed by atoms with Gasteiger partial charge in [0.05, 0.1) is 23.9 Å². The fourth-order valence-electron chi connectivity index (χ4n) is 7.19. The van der Waals surface area contributed by atoms with Gasteiger partial charge in [-0.15, -0.1) is 0 Å². The van der Waals surface area contributed by atoms with Gasteiger partial charge in [-0.1, -0.05) is 41.0 Å². The molecular weight excluding hydrogens is 332 g/mol. The number of hydrogen-bond donors (Lipinski definition) is 0. The molecule has 2 aliphatic heterocycles. The van der Waals surface area contributed by atoms with Crippen LogP contribution in [0.5, 0.6) is 0 Å². The van der Waals surface area contributed by atoms with Gasteiger partial charge < -0.3 is 9.47 Å². The summed E-state index contributed by atoms with van der Waals surface area (Å²) in [6.45, 7) is 18.6. The maximum absolute atomic E-state index is 6.17. The molecule has 0 spiro atoms. The van der Waals surface area contributed by atoms with Gasteiger partial charge in [0.15, 0.2) is 0 Å². The molecule has 7 unspecified atom stereocenters. The zero-order valence-corrected chi connectivity index (χ0v) is 19.4. The molecule has 0 bridgehead atoms. The Hall–Kier alpha value is -0.0800. The van der Waals surface area contributed by atoms with Crippen LogP contribution in [-0.2, 0) is 9.47 Å². The molecule has 2 saturated heterocycles. The minimum Gasteiger partial charge on any atom is -0.375 e. The maximum Gasteiger partial charge on any atom is 0.0662 e. The van der Waals surface area contributed by atoms with Gasteiger partial charge in [-0.25, -0.2) is 0 Å². The fraction of sp³-hybridized carbons (Fsp3) is 1.00. The molecule has 0 aromatic carbocycles. The lowest BCUT2D eigenvalue weighted by Gasteiger charge is -2.43. The van der Waals surface area contributed by atoms with Crippen molar-refractivity contribution in [3.8, 4) is 0 Å². The Bertz CT molecular complexity index is 512. The van der Waals surface area contributed by atoms with E-state index in [1.807, 2.05) is 0 Å². The third-order valence-electron chi connectivity index (χ3n) is 8.46. The molecule has 4 aliphatic rings.